The van der Waals surface area contributed by atoms with E-state index in [1.54, 1.807) is 0 Å². The van der Waals surface area contributed by atoms with Gasteiger partial charge in [-0.05, 0) is 13.5 Å². The van der Waals surface area contributed by atoms with E-state index in [1.807, 2.05) is 11.9 Å². The van der Waals surface area contributed by atoms with Gasteiger partial charge in [-0.2, -0.15) is 0 Å². The molecule has 0 amide bonds. The molecule has 0 rings (SSSR count). The van der Waals surface area contributed by atoms with Crippen molar-refractivity contribution in [2.45, 2.75) is 83.7 Å². The Morgan fingerprint density at radius 3 is 1.96 bits per heavy atom. The molecule has 0 aliphatic rings. The molecule has 3 N–H and O–H groups in total. The third-order valence-corrected chi connectivity index (χ3v) is 4.66. The average Bonchev–Trinajstić information content (AvgIpc) is 2.47. The first-order valence-corrected chi connectivity index (χ1v) is 10.9. The lowest BCUT2D eigenvalue weighted by Gasteiger charge is -2.20. The maximum atomic E-state index is 10.6. The van der Waals surface area contributed by atoms with Gasteiger partial charge in [-0.25, -0.2) is 4.57 Å². The Bertz CT molecular complexity index is 324. The van der Waals surface area contributed by atoms with E-state index in [0.29, 0.717) is 13.1 Å². The van der Waals surface area contributed by atoms with Gasteiger partial charge in [0.25, 0.3) is 0 Å². The monoisotopic (exact) mass is 367 g/mol. The Labute approximate surface area is 147 Å². The van der Waals surface area contributed by atoms with E-state index in [-0.39, 0.29) is 12.7 Å². The fourth-order valence-electron chi connectivity index (χ4n) is 2.73. The number of aliphatic hydroxyl groups excluding tert-OH is 1. The number of aliphatic hydroxyl groups is 1. The Morgan fingerprint density at radius 2 is 1.46 bits per heavy atom. The van der Waals surface area contributed by atoms with Crippen LogP contribution in [0.2, 0.25) is 0 Å². The SMILES string of the molecule is CCCCCCCCCCCCC(O)CN(C)CCOP(=O)(O)O. The highest BCUT2D eigenvalue weighted by Crippen LogP contribution is 2.35. The van der Waals surface area contributed by atoms with E-state index in [9.17, 15) is 9.67 Å². The zero-order valence-electron chi connectivity index (χ0n) is 15.5. The molecule has 0 spiro atoms. The number of hydrogen-bond donors (Lipinski definition) is 3. The molecule has 0 aromatic rings. The van der Waals surface area contributed by atoms with Gasteiger partial charge in [0, 0.05) is 13.1 Å². The number of rotatable bonds is 17. The Hall–Kier alpha value is 0.0300. The molecule has 6 nitrogen and oxygen atoms in total. The molecule has 0 bridgehead atoms. The molecule has 0 aromatic carbocycles. The summed E-state index contributed by atoms with van der Waals surface area (Å²) in [6, 6.07) is 0. The van der Waals surface area contributed by atoms with Crippen LogP contribution in [0.4, 0.5) is 0 Å². The van der Waals surface area contributed by atoms with Crippen molar-refractivity contribution in [2.75, 3.05) is 26.7 Å². The van der Waals surface area contributed by atoms with Crippen molar-refractivity contribution in [3.05, 3.63) is 0 Å². The smallest absolute Gasteiger partial charge is 0.392 e. The van der Waals surface area contributed by atoms with Crippen molar-refractivity contribution in [1.82, 2.24) is 4.90 Å². The Morgan fingerprint density at radius 1 is 0.958 bits per heavy atom. The third-order valence-electron chi connectivity index (χ3n) is 4.15. The number of hydrogen-bond acceptors (Lipinski definition) is 4. The first-order chi connectivity index (χ1) is 11.3. The summed E-state index contributed by atoms with van der Waals surface area (Å²) in [5.41, 5.74) is 0. The molecule has 1 unspecified atom stereocenters. The van der Waals surface area contributed by atoms with E-state index in [4.69, 9.17) is 9.79 Å². The zero-order chi connectivity index (χ0) is 18.3. The minimum absolute atomic E-state index is 0.0360. The highest BCUT2D eigenvalue weighted by atomic mass is 31.2. The van der Waals surface area contributed by atoms with Gasteiger partial charge < -0.3 is 19.8 Å². The lowest BCUT2D eigenvalue weighted by atomic mass is 10.0. The van der Waals surface area contributed by atoms with Crippen LogP contribution in [0, 0.1) is 0 Å². The predicted octanol–water partition coefficient (Wildman–Crippen LogP) is 3.70. The standard InChI is InChI=1S/C17H38NO5P/c1-3-4-5-6-7-8-9-10-11-12-13-17(19)16-18(2)14-15-23-24(20,21)22/h17,19H,3-16H2,1-2H3,(H2,20,21,22). The van der Waals surface area contributed by atoms with Gasteiger partial charge in [0.15, 0.2) is 0 Å². The van der Waals surface area contributed by atoms with E-state index >= 15 is 0 Å². The summed E-state index contributed by atoms with van der Waals surface area (Å²) in [4.78, 5) is 19.0. The summed E-state index contributed by atoms with van der Waals surface area (Å²) in [6.07, 6.45) is 13.2. The van der Waals surface area contributed by atoms with Crippen LogP contribution in [0.3, 0.4) is 0 Å². The minimum Gasteiger partial charge on any atom is -0.392 e. The van der Waals surface area contributed by atoms with Crippen LogP contribution in [-0.2, 0) is 9.09 Å². The van der Waals surface area contributed by atoms with Crippen molar-refractivity contribution in [3.63, 3.8) is 0 Å². The van der Waals surface area contributed by atoms with Crippen molar-refractivity contribution in [1.29, 1.82) is 0 Å². The normalized spacial score (nSPS) is 13.6. The van der Waals surface area contributed by atoms with Crippen molar-refractivity contribution in [3.8, 4) is 0 Å². The number of phosphoric acid groups is 1. The van der Waals surface area contributed by atoms with Gasteiger partial charge in [-0.1, -0.05) is 71.1 Å². The zero-order valence-corrected chi connectivity index (χ0v) is 16.4. The molecule has 0 saturated carbocycles. The number of unbranched alkanes of at least 4 members (excludes halogenated alkanes) is 9. The molecule has 1 atom stereocenters. The highest BCUT2D eigenvalue weighted by molar-refractivity contribution is 7.46. The summed E-state index contributed by atoms with van der Waals surface area (Å²) in [5.74, 6) is 0. The van der Waals surface area contributed by atoms with Gasteiger partial charge in [-0.3, -0.25) is 4.52 Å². The molecule has 0 saturated heterocycles. The van der Waals surface area contributed by atoms with Gasteiger partial charge >= 0.3 is 7.82 Å². The summed E-state index contributed by atoms with van der Waals surface area (Å²) < 4.78 is 14.9. The van der Waals surface area contributed by atoms with Crippen LogP contribution in [0.25, 0.3) is 0 Å². The molecule has 24 heavy (non-hydrogen) atoms. The molecule has 146 valence electrons. The number of phosphoric ester groups is 1. The van der Waals surface area contributed by atoms with Crippen LogP contribution in [0.15, 0.2) is 0 Å². The van der Waals surface area contributed by atoms with Crippen molar-refractivity contribution < 1.29 is 24.0 Å². The van der Waals surface area contributed by atoms with Crippen molar-refractivity contribution >= 4 is 7.82 Å². The largest absolute Gasteiger partial charge is 0.469 e. The predicted molar refractivity (Wildman–Crippen MR) is 98.0 cm³/mol. The summed E-state index contributed by atoms with van der Waals surface area (Å²) >= 11 is 0. The second kappa shape index (κ2) is 15.3. The van der Waals surface area contributed by atoms with E-state index in [0.717, 1.165) is 19.3 Å². The molecule has 0 aliphatic heterocycles. The van der Waals surface area contributed by atoms with Crippen LogP contribution in [-0.4, -0.2) is 52.6 Å². The molecule has 0 aromatic heterocycles. The third kappa shape index (κ3) is 18.4. The molecule has 7 heteroatoms. The highest BCUT2D eigenvalue weighted by Gasteiger charge is 2.14. The lowest BCUT2D eigenvalue weighted by Crippen LogP contribution is -2.31. The van der Waals surface area contributed by atoms with E-state index in [1.165, 1.54) is 51.4 Å². The van der Waals surface area contributed by atoms with E-state index in [2.05, 4.69) is 11.4 Å². The molecule has 0 aliphatic carbocycles. The van der Waals surface area contributed by atoms with Gasteiger partial charge in [0.05, 0.1) is 12.7 Å². The second-order valence-corrected chi connectivity index (χ2v) is 7.95. The molecule has 0 fully saturated rings. The van der Waals surface area contributed by atoms with Gasteiger partial charge in [-0.15, -0.1) is 0 Å². The lowest BCUT2D eigenvalue weighted by molar-refractivity contribution is 0.102. The van der Waals surface area contributed by atoms with E-state index < -0.39 is 7.82 Å². The van der Waals surface area contributed by atoms with Crippen LogP contribution in [0.5, 0.6) is 0 Å². The Balaban J connectivity index is 3.39. The summed E-state index contributed by atoms with van der Waals surface area (Å²) in [7, 11) is -2.57. The second-order valence-electron chi connectivity index (χ2n) is 6.71. The fourth-order valence-corrected chi connectivity index (χ4v) is 3.04. The summed E-state index contributed by atoms with van der Waals surface area (Å²) in [6.45, 7) is 3.09. The van der Waals surface area contributed by atoms with Crippen LogP contribution in [0.1, 0.15) is 77.6 Å². The first-order valence-electron chi connectivity index (χ1n) is 9.42. The molecular weight excluding hydrogens is 329 g/mol. The number of likely N-dealkylation sites (N-methyl/N-ethyl adjacent to an activating group) is 1. The molecule has 0 heterocycles. The Kier molecular flexibility index (Phi) is 15.3. The van der Waals surface area contributed by atoms with Crippen LogP contribution < -0.4 is 0 Å². The maximum Gasteiger partial charge on any atom is 0.469 e. The number of nitrogens with zero attached hydrogens (tertiary/aromatic N) is 1. The minimum atomic E-state index is -4.38. The molecular formula is C17H38NO5P. The van der Waals surface area contributed by atoms with Gasteiger partial charge in [0.1, 0.15) is 0 Å². The average molecular weight is 367 g/mol. The van der Waals surface area contributed by atoms with Gasteiger partial charge in [0.2, 0.25) is 0 Å². The topological polar surface area (TPSA) is 90.2 Å². The van der Waals surface area contributed by atoms with Crippen molar-refractivity contribution in [2.24, 2.45) is 0 Å². The molecule has 0 radical (unpaired) electrons. The first kappa shape index (κ1) is 24.0. The maximum absolute atomic E-state index is 10.6. The fraction of sp³-hybridized carbons (Fsp3) is 1.00. The summed E-state index contributed by atoms with van der Waals surface area (Å²) in [5, 5.41) is 9.97. The van der Waals surface area contributed by atoms with Crippen LogP contribution >= 0.6 is 7.82 Å². The quantitative estimate of drug-likeness (QED) is 0.268.